The molecule has 6 nitrogen and oxygen atoms in total. The van der Waals surface area contributed by atoms with Crippen LogP contribution >= 0.6 is 0 Å². The van der Waals surface area contributed by atoms with E-state index < -0.39 is 66.4 Å². The van der Waals surface area contributed by atoms with Gasteiger partial charge in [0.15, 0.2) is 11.5 Å². The van der Waals surface area contributed by atoms with Crippen LogP contribution in [-0.4, -0.2) is 27.9 Å². The predicted molar refractivity (Wildman–Crippen MR) is 317 cm³/mol. The second-order valence-corrected chi connectivity index (χ2v) is 25.7. The minimum atomic E-state index is -6.58. The third kappa shape index (κ3) is 8.31. The topological polar surface area (TPSA) is 86.7 Å². The van der Waals surface area contributed by atoms with Gasteiger partial charge < -0.3 is 8.37 Å². The highest BCUT2D eigenvalue weighted by Crippen LogP contribution is 2.72. The Kier molecular flexibility index (Phi) is 16.7. The normalized spacial score (nSPS) is 17.6. The third-order valence-corrected chi connectivity index (χ3v) is 21.7. The van der Waals surface area contributed by atoms with E-state index in [1.54, 1.807) is 0 Å². The lowest BCUT2D eigenvalue weighted by Crippen LogP contribution is -2.40. The molecule has 0 heterocycles. The van der Waals surface area contributed by atoms with Crippen LogP contribution in [0.15, 0.2) is 0 Å². The number of alkyl halides is 6. The van der Waals surface area contributed by atoms with E-state index in [1.807, 2.05) is 55.4 Å². The summed E-state index contributed by atoms with van der Waals surface area (Å²) >= 11 is 0. The van der Waals surface area contributed by atoms with Gasteiger partial charge in [-0.25, -0.2) is 0 Å². The Balaban J connectivity index is 1.73. The highest BCUT2D eigenvalue weighted by Gasteiger charge is 2.60. The molecule has 0 amide bonds. The van der Waals surface area contributed by atoms with Crippen LogP contribution < -0.4 is 8.37 Å². The zero-order chi connectivity index (χ0) is 60.4. The first-order valence-electron chi connectivity index (χ1n) is 30.9. The summed E-state index contributed by atoms with van der Waals surface area (Å²) in [4.78, 5) is 0. The van der Waals surface area contributed by atoms with E-state index in [-0.39, 0.29) is 22.3 Å². The summed E-state index contributed by atoms with van der Waals surface area (Å²) in [7, 11) is -13.2. The minimum Gasteiger partial charge on any atom is -0.375 e. The van der Waals surface area contributed by atoms with E-state index in [0.29, 0.717) is 103 Å². The lowest BCUT2D eigenvalue weighted by molar-refractivity contribution is -0.0506. The van der Waals surface area contributed by atoms with Crippen molar-refractivity contribution in [1.82, 2.24) is 0 Å². The van der Waals surface area contributed by atoms with E-state index in [2.05, 4.69) is 55.4 Å². The second kappa shape index (κ2) is 22.2. The van der Waals surface area contributed by atoms with E-state index in [1.165, 1.54) is 0 Å². The van der Waals surface area contributed by atoms with Gasteiger partial charge in [0.05, 0.1) is 0 Å². The van der Waals surface area contributed by atoms with Crippen LogP contribution in [0.2, 0.25) is 0 Å². The molecule has 0 atom stereocenters. The molecule has 0 N–H and O–H groups in total. The van der Waals surface area contributed by atoms with E-state index >= 15 is 26.3 Å². The molecule has 5 aromatic carbocycles. The first-order chi connectivity index (χ1) is 38.9. The van der Waals surface area contributed by atoms with Crippen LogP contribution in [0, 0.1) is 0 Å². The predicted octanol–water partition coefficient (Wildman–Crippen LogP) is 17.1. The van der Waals surface area contributed by atoms with Crippen LogP contribution in [0.3, 0.4) is 0 Å². The van der Waals surface area contributed by atoms with Crippen molar-refractivity contribution in [2.45, 2.75) is 248 Å². The van der Waals surface area contributed by atoms with Crippen molar-refractivity contribution in [1.29, 1.82) is 0 Å². The summed E-state index contributed by atoms with van der Waals surface area (Å²) < 4.78 is 166. The first-order valence-corrected chi connectivity index (χ1v) is 33.7. The van der Waals surface area contributed by atoms with E-state index in [0.717, 1.165) is 134 Å². The zero-order valence-electron chi connectivity index (χ0n) is 51.2. The maximum absolute atomic E-state index is 15.8. The fraction of sp³-hybridized carbons (Fsp3) is 0.559. The van der Waals surface area contributed by atoms with Crippen molar-refractivity contribution in [2.24, 2.45) is 0 Å². The van der Waals surface area contributed by atoms with E-state index in [9.17, 15) is 16.8 Å². The largest absolute Gasteiger partial charge is 0.534 e. The van der Waals surface area contributed by atoms with Gasteiger partial charge in [-0.3, -0.25) is 0 Å². The highest BCUT2D eigenvalue weighted by atomic mass is 32.2. The number of hydrogen-bond acceptors (Lipinski definition) is 6. The Morgan fingerprint density at radius 1 is 0.244 bits per heavy atom. The smallest absolute Gasteiger partial charge is 0.375 e. The quantitative estimate of drug-likeness (QED) is 0.0429. The van der Waals surface area contributed by atoms with Crippen molar-refractivity contribution < 1.29 is 51.5 Å². The average molecular weight is 1180 g/mol. The summed E-state index contributed by atoms with van der Waals surface area (Å²) in [6.07, 6.45) is 8.61. The number of halogens is 6. The van der Waals surface area contributed by atoms with E-state index in [4.69, 9.17) is 8.37 Å². The van der Waals surface area contributed by atoms with Crippen molar-refractivity contribution in [3.05, 3.63) is 156 Å². The van der Waals surface area contributed by atoms with Crippen molar-refractivity contribution in [3.63, 3.8) is 0 Å². The molecule has 5 aromatic rings. The Morgan fingerprint density at radius 2 is 0.366 bits per heavy atom. The number of hydrogen-bond donors (Lipinski definition) is 0. The number of benzene rings is 5. The van der Waals surface area contributed by atoms with Crippen LogP contribution in [0.1, 0.15) is 290 Å². The summed E-state index contributed by atoms with van der Waals surface area (Å²) in [5.74, 6) is -5.63. The Hall–Kier alpha value is -4.82. The molecular weight excluding hydrogens is 1090 g/mol. The highest BCUT2D eigenvalue weighted by molar-refractivity contribution is 7.88. The molecule has 0 saturated heterocycles. The molecular formula is C68H84F6O6S2. The van der Waals surface area contributed by atoms with Gasteiger partial charge in [0.1, 0.15) is 0 Å². The molecule has 82 heavy (non-hydrogen) atoms. The SMILES string of the molecule is CCc1c(CC)c(CC)c2c(c1CC)C1c3c(CC)c(CC)c(CC)c(CC)c3C2c2c(OS(=O)(=O)C(F)(F)F)c3c(c(OS(=O)(=O)C(F)(F)F)c21)C1c2c(CC)c(CC)c(CC)c(CC)c2C3c2c(CC)c(CC)c(CC)c(CC)c21. The van der Waals surface area contributed by atoms with Gasteiger partial charge in [-0.15, -0.1) is 0 Å². The van der Waals surface area contributed by atoms with Crippen LogP contribution in [0.4, 0.5) is 26.3 Å². The minimum absolute atomic E-state index is 0.0602. The van der Waals surface area contributed by atoms with Gasteiger partial charge in [0, 0.05) is 45.9 Å². The fourth-order valence-corrected chi connectivity index (χ4v) is 18.5. The molecule has 446 valence electrons. The van der Waals surface area contributed by atoms with Crippen LogP contribution in [0.5, 0.6) is 11.5 Å². The van der Waals surface area contributed by atoms with Gasteiger partial charge in [-0.1, -0.05) is 111 Å². The monoisotopic (exact) mass is 1170 g/mol. The second-order valence-electron chi connectivity index (χ2n) is 22.6. The summed E-state index contributed by atoms with van der Waals surface area (Å²) in [5.41, 5.74) is 10.3. The van der Waals surface area contributed by atoms with Gasteiger partial charge in [-0.05, 0) is 236 Å². The van der Waals surface area contributed by atoms with Crippen LogP contribution in [-0.2, 0) is 123 Å². The molecule has 0 unspecified atom stereocenters. The molecule has 0 aromatic heterocycles. The molecule has 14 heteroatoms. The maximum Gasteiger partial charge on any atom is 0.534 e. The Bertz CT molecular complexity index is 3110. The fourth-order valence-electron chi connectivity index (χ4n) is 17.5. The molecule has 0 spiro atoms. The molecule has 0 radical (unpaired) electrons. The van der Waals surface area contributed by atoms with Gasteiger partial charge >= 0.3 is 31.3 Å². The molecule has 6 aliphatic carbocycles. The maximum atomic E-state index is 15.8. The summed E-state index contributed by atoms with van der Waals surface area (Å²) in [6, 6.07) is 0. The Labute approximate surface area is 484 Å². The molecule has 0 fully saturated rings. The lowest BCUT2D eigenvalue weighted by Gasteiger charge is -2.52. The molecule has 11 rings (SSSR count). The number of rotatable bonds is 20. The Morgan fingerprint density at radius 3 is 0.463 bits per heavy atom. The van der Waals surface area contributed by atoms with Gasteiger partial charge in [0.2, 0.25) is 0 Å². The summed E-state index contributed by atoms with van der Waals surface area (Å²) in [5, 5.41) is 0. The zero-order valence-corrected chi connectivity index (χ0v) is 52.8. The lowest BCUT2D eigenvalue weighted by atomic mass is 9.51. The first kappa shape index (κ1) is 61.7. The van der Waals surface area contributed by atoms with Crippen molar-refractivity contribution in [3.8, 4) is 11.5 Å². The van der Waals surface area contributed by atoms with Gasteiger partial charge in [-0.2, -0.15) is 43.2 Å². The summed E-state index contributed by atoms with van der Waals surface area (Å²) in [6.45, 7) is 32.9. The van der Waals surface area contributed by atoms with Crippen molar-refractivity contribution >= 4 is 20.2 Å². The van der Waals surface area contributed by atoms with Crippen LogP contribution in [0.25, 0.3) is 0 Å². The third-order valence-electron chi connectivity index (χ3n) is 19.8. The molecule has 4 bridgehead atoms. The molecule has 6 aliphatic rings. The molecule has 0 saturated carbocycles. The van der Waals surface area contributed by atoms with Crippen molar-refractivity contribution in [2.75, 3.05) is 0 Å². The van der Waals surface area contributed by atoms with Gasteiger partial charge in [0.25, 0.3) is 0 Å². The standard InChI is InChI=1S/C68H84F6O6S2/c1-17-33-34(18-2)42(26-10)50-49(41(33)25-9)57-51-43(27-11)35(19-3)36(20-4)44(28-12)52(51)58(50)62-61(57)65(79-81(75,76)67(69,70)71)63-59-53-45(29-13)37(21-5)39(23-7)47(31-15)55(53)60(64(63)66(62)80-82(77,78)68(72,73)74)56-48(32-16)40(24-8)38(22-6)46(30-14)54(56)59/h57-60H,17-32H2,1-16H3. The molecule has 0 aliphatic heterocycles. The average Bonchev–Trinajstić information content (AvgIpc) is 0.907.